The largest absolute Gasteiger partial charge is 0.345 e. The van der Waals surface area contributed by atoms with Crippen LogP contribution in [0.1, 0.15) is 35.6 Å². The molecule has 5 nitrogen and oxygen atoms in total. The van der Waals surface area contributed by atoms with Crippen molar-refractivity contribution < 1.29 is 13.2 Å². The van der Waals surface area contributed by atoms with E-state index in [4.69, 9.17) is 0 Å². The van der Waals surface area contributed by atoms with Gasteiger partial charge in [-0.1, -0.05) is 88.7 Å². The van der Waals surface area contributed by atoms with Crippen LogP contribution in [0, 0.1) is 5.92 Å². The van der Waals surface area contributed by atoms with E-state index in [1.54, 1.807) is 0 Å². The van der Waals surface area contributed by atoms with Crippen LogP contribution < -0.4 is 5.32 Å². The molecule has 1 N–H and O–H groups in total. The second-order valence-corrected chi connectivity index (χ2v) is 11.2. The number of nitrogens with one attached hydrogen (secondary N) is 1. The second kappa shape index (κ2) is 10.6. The molecule has 3 aromatic rings. The van der Waals surface area contributed by atoms with Gasteiger partial charge in [-0.25, -0.2) is 12.7 Å². The topological polar surface area (TPSA) is 66.5 Å². The summed E-state index contributed by atoms with van der Waals surface area (Å²) in [5.41, 5.74) is 2.79. The Morgan fingerprint density at radius 3 is 2.03 bits per heavy atom. The molecule has 4 rings (SSSR count). The predicted molar refractivity (Wildman–Crippen MR) is 134 cm³/mol. The maximum atomic E-state index is 13.2. The predicted octanol–water partition coefficient (Wildman–Crippen LogP) is 4.90. The Balaban J connectivity index is 1.40. The summed E-state index contributed by atoms with van der Waals surface area (Å²) in [7, 11) is -3.43. The average molecular weight is 527 g/mol. The van der Waals surface area contributed by atoms with Crippen LogP contribution in [0.25, 0.3) is 0 Å². The summed E-state index contributed by atoms with van der Waals surface area (Å²) in [4.78, 5) is 13.2. The number of nitrogens with zero attached hydrogens (tertiary/aromatic N) is 1. The Hall–Kier alpha value is -2.48. The molecule has 172 valence electrons. The number of carbonyl (C=O) groups is 1. The van der Waals surface area contributed by atoms with Crippen molar-refractivity contribution in [2.75, 3.05) is 13.1 Å². The van der Waals surface area contributed by atoms with Gasteiger partial charge in [0.05, 0.1) is 11.8 Å². The summed E-state index contributed by atoms with van der Waals surface area (Å²) in [6.45, 7) is 0.714. The first-order chi connectivity index (χ1) is 15.9. The van der Waals surface area contributed by atoms with Crippen molar-refractivity contribution >= 4 is 31.9 Å². The SMILES string of the molecule is O=C(NC(c1ccccc1)c1ccccc1)C1CCN(S(=O)(=O)Cc2cccc(Br)c2)CC1. The maximum Gasteiger partial charge on any atom is 0.223 e. The number of hydrogen-bond donors (Lipinski definition) is 1. The first-order valence-electron chi connectivity index (χ1n) is 11.0. The molecule has 0 aliphatic carbocycles. The molecule has 1 aliphatic heterocycles. The van der Waals surface area contributed by atoms with Crippen molar-refractivity contribution in [1.29, 1.82) is 0 Å². The van der Waals surface area contributed by atoms with Crippen molar-refractivity contribution in [3.8, 4) is 0 Å². The van der Waals surface area contributed by atoms with Crippen LogP contribution in [-0.2, 0) is 20.6 Å². The fraction of sp³-hybridized carbons (Fsp3) is 0.269. The molecule has 0 unspecified atom stereocenters. The average Bonchev–Trinajstić information content (AvgIpc) is 2.83. The molecule has 1 amide bonds. The lowest BCUT2D eigenvalue weighted by Gasteiger charge is -2.31. The third kappa shape index (κ3) is 6.10. The van der Waals surface area contributed by atoms with Gasteiger partial charge >= 0.3 is 0 Å². The molecule has 0 spiro atoms. The third-order valence-corrected chi connectivity index (χ3v) is 8.35. The Bertz CT molecular complexity index is 1140. The van der Waals surface area contributed by atoms with Gasteiger partial charge < -0.3 is 5.32 Å². The summed E-state index contributed by atoms with van der Waals surface area (Å²) < 4.78 is 28.2. The van der Waals surface area contributed by atoms with E-state index in [9.17, 15) is 13.2 Å². The van der Waals surface area contributed by atoms with E-state index in [1.165, 1.54) is 4.31 Å². The number of hydrogen-bond acceptors (Lipinski definition) is 3. The minimum Gasteiger partial charge on any atom is -0.345 e. The molecule has 33 heavy (non-hydrogen) atoms. The van der Waals surface area contributed by atoms with Crippen LogP contribution in [0.4, 0.5) is 0 Å². The van der Waals surface area contributed by atoms with E-state index in [0.29, 0.717) is 25.9 Å². The first-order valence-corrected chi connectivity index (χ1v) is 13.4. The van der Waals surface area contributed by atoms with Gasteiger partial charge in [-0.05, 0) is 41.7 Å². The normalized spacial score (nSPS) is 15.5. The van der Waals surface area contributed by atoms with E-state index < -0.39 is 10.0 Å². The summed E-state index contributed by atoms with van der Waals surface area (Å²) in [6.07, 6.45) is 1.03. The molecular weight excluding hydrogens is 500 g/mol. The highest BCUT2D eigenvalue weighted by molar-refractivity contribution is 9.10. The van der Waals surface area contributed by atoms with Crippen molar-refractivity contribution in [3.05, 3.63) is 106 Å². The van der Waals surface area contributed by atoms with Crippen LogP contribution in [0.3, 0.4) is 0 Å². The molecule has 1 aliphatic rings. The van der Waals surface area contributed by atoms with E-state index in [2.05, 4.69) is 21.2 Å². The summed E-state index contributed by atoms with van der Waals surface area (Å²) in [5, 5.41) is 3.21. The molecule has 0 bridgehead atoms. The summed E-state index contributed by atoms with van der Waals surface area (Å²) in [6, 6.07) is 26.9. The van der Waals surface area contributed by atoms with Gasteiger partial charge in [0.25, 0.3) is 0 Å². The molecule has 0 atom stereocenters. The molecule has 0 aromatic heterocycles. The zero-order valence-electron chi connectivity index (χ0n) is 18.2. The lowest BCUT2D eigenvalue weighted by atomic mass is 9.94. The number of sulfonamides is 1. The van der Waals surface area contributed by atoms with Gasteiger partial charge in [-0.3, -0.25) is 4.79 Å². The number of benzene rings is 3. The molecule has 1 fully saturated rings. The van der Waals surface area contributed by atoms with E-state index >= 15 is 0 Å². The zero-order chi connectivity index (χ0) is 23.3. The standard InChI is InChI=1S/C26H27BrN2O3S/c27-24-13-7-8-20(18-24)19-33(31,32)29-16-14-23(15-17-29)26(30)28-25(21-9-3-1-4-10-21)22-11-5-2-6-12-22/h1-13,18,23,25H,14-17,19H2,(H,28,30). The van der Waals surface area contributed by atoms with Crippen LogP contribution in [0.2, 0.25) is 0 Å². The van der Waals surface area contributed by atoms with Crippen LogP contribution in [0.5, 0.6) is 0 Å². The van der Waals surface area contributed by atoms with Crippen LogP contribution >= 0.6 is 15.9 Å². The Kier molecular flexibility index (Phi) is 7.63. The van der Waals surface area contributed by atoms with Crippen molar-refractivity contribution in [1.82, 2.24) is 9.62 Å². The summed E-state index contributed by atoms with van der Waals surface area (Å²) in [5.74, 6) is -0.276. The molecule has 0 saturated carbocycles. The van der Waals surface area contributed by atoms with Crippen LogP contribution in [0.15, 0.2) is 89.4 Å². The maximum absolute atomic E-state index is 13.2. The second-order valence-electron chi connectivity index (χ2n) is 8.32. The van der Waals surface area contributed by atoms with E-state index in [-0.39, 0.29) is 23.6 Å². The molecule has 1 saturated heterocycles. The van der Waals surface area contributed by atoms with Gasteiger partial charge in [-0.15, -0.1) is 0 Å². The smallest absolute Gasteiger partial charge is 0.223 e. The molecule has 1 heterocycles. The first kappa shape index (κ1) is 23.7. The minimum absolute atomic E-state index is 0.0308. The lowest BCUT2D eigenvalue weighted by Crippen LogP contribution is -2.44. The van der Waals surface area contributed by atoms with Gasteiger partial charge in [0.2, 0.25) is 15.9 Å². The molecule has 7 heteroatoms. The van der Waals surface area contributed by atoms with Gasteiger partial charge in [0.1, 0.15) is 0 Å². The zero-order valence-corrected chi connectivity index (χ0v) is 20.6. The van der Waals surface area contributed by atoms with E-state index in [0.717, 1.165) is 21.2 Å². The number of halogens is 1. The van der Waals surface area contributed by atoms with Crippen LogP contribution in [-0.4, -0.2) is 31.7 Å². The van der Waals surface area contributed by atoms with Crippen molar-refractivity contribution in [2.24, 2.45) is 5.92 Å². The quantitative estimate of drug-likeness (QED) is 0.476. The lowest BCUT2D eigenvalue weighted by molar-refractivity contribution is -0.126. The number of carbonyl (C=O) groups excluding carboxylic acids is 1. The van der Waals surface area contributed by atoms with Crippen molar-refractivity contribution in [2.45, 2.75) is 24.6 Å². The highest BCUT2D eigenvalue weighted by atomic mass is 79.9. The molecular formula is C26H27BrN2O3S. The minimum atomic E-state index is -3.43. The molecule has 0 radical (unpaired) electrons. The number of piperidine rings is 1. The third-order valence-electron chi connectivity index (χ3n) is 6.01. The van der Waals surface area contributed by atoms with E-state index in [1.807, 2.05) is 84.9 Å². The molecule has 3 aromatic carbocycles. The summed E-state index contributed by atoms with van der Waals surface area (Å²) >= 11 is 3.39. The Morgan fingerprint density at radius 1 is 0.909 bits per heavy atom. The Labute approximate surface area is 204 Å². The highest BCUT2D eigenvalue weighted by Crippen LogP contribution is 2.26. The van der Waals surface area contributed by atoms with Gasteiger partial charge in [0, 0.05) is 23.5 Å². The Morgan fingerprint density at radius 2 is 1.48 bits per heavy atom. The number of amides is 1. The fourth-order valence-electron chi connectivity index (χ4n) is 4.24. The monoisotopic (exact) mass is 526 g/mol. The highest BCUT2D eigenvalue weighted by Gasteiger charge is 2.32. The van der Waals surface area contributed by atoms with Gasteiger partial charge in [0.15, 0.2) is 0 Å². The van der Waals surface area contributed by atoms with Crippen molar-refractivity contribution in [3.63, 3.8) is 0 Å². The van der Waals surface area contributed by atoms with Gasteiger partial charge in [-0.2, -0.15) is 0 Å². The fourth-order valence-corrected chi connectivity index (χ4v) is 6.23. The number of rotatable bonds is 7.